The van der Waals surface area contributed by atoms with E-state index in [1.54, 1.807) is 0 Å². The topological polar surface area (TPSA) is 80.5 Å². The first kappa shape index (κ1) is 17.7. The van der Waals surface area contributed by atoms with Crippen molar-refractivity contribution in [2.75, 3.05) is 31.6 Å². The molecule has 2 saturated heterocycles. The SMILES string of the molecule is Cc1noc(C2CN(C(=O)Nc3ccc4c(c3)CCC4)CC23CCOCC3)n1. The molecule has 0 bridgehead atoms. The number of carbonyl (C=O) groups excluding carboxylic acids is 1. The van der Waals surface area contributed by atoms with Crippen molar-refractivity contribution in [1.29, 1.82) is 0 Å². The summed E-state index contributed by atoms with van der Waals surface area (Å²) < 4.78 is 11.1. The maximum absolute atomic E-state index is 13.0. The molecule has 3 heterocycles. The molecule has 5 rings (SSSR count). The zero-order chi connectivity index (χ0) is 19.1. The van der Waals surface area contributed by atoms with Crippen LogP contribution < -0.4 is 5.32 Å². The van der Waals surface area contributed by atoms with E-state index in [0.717, 1.165) is 31.4 Å². The minimum Gasteiger partial charge on any atom is -0.381 e. The number of anilines is 1. The fraction of sp³-hybridized carbons (Fsp3) is 0.571. The van der Waals surface area contributed by atoms with E-state index in [0.29, 0.717) is 38.0 Å². The first-order chi connectivity index (χ1) is 13.6. The van der Waals surface area contributed by atoms with Crippen LogP contribution in [-0.4, -0.2) is 47.4 Å². The molecule has 1 unspecified atom stereocenters. The summed E-state index contributed by atoms with van der Waals surface area (Å²) in [5.41, 5.74) is 3.60. The Balaban J connectivity index is 1.36. The monoisotopic (exact) mass is 382 g/mol. The van der Waals surface area contributed by atoms with Crippen molar-refractivity contribution in [1.82, 2.24) is 15.0 Å². The molecule has 2 aromatic rings. The number of benzene rings is 1. The number of nitrogens with zero attached hydrogens (tertiary/aromatic N) is 3. The highest BCUT2D eigenvalue weighted by molar-refractivity contribution is 5.89. The second-order valence-electron chi connectivity index (χ2n) is 8.35. The van der Waals surface area contributed by atoms with Gasteiger partial charge in [-0.3, -0.25) is 0 Å². The zero-order valence-electron chi connectivity index (χ0n) is 16.2. The number of rotatable bonds is 2. The number of carbonyl (C=O) groups is 1. The summed E-state index contributed by atoms with van der Waals surface area (Å²) in [6.07, 6.45) is 5.26. The number of nitrogens with one attached hydrogen (secondary N) is 1. The Hall–Kier alpha value is -2.41. The molecule has 0 radical (unpaired) electrons. The number of hydrogen-bond acceptors (Lipinski definition) is 5. The van der Waals surface area contributed by atoms with E-state index in [1.807, 2.05) is 17.9 Å². The highest BCUT2D eigenvalue weighted by Gasteiger charge is 2.51. The van der Waals surface area contributed by atoms with Crippen LogP contribution in [0, 0.1) is 12.3 Å². The summed E-state index contributed by atoms with van der Waals surface area (Å²) in [5.74, 6) is 1.34. The highest BCUT2D eigenvalue weighted by Crippen LogP contribution is 2.49. The van der Waals surface area contributed by atoms with Crippen molar-refractivity contribution in [3.05, 3.63) is 41.0 Å². The molecule has 1 N–H and O–H groups in total. The third-order valence-electron chi connectivity index (χ3n) is 6.61. The van der Waals surface area contributed by atoms with Gasteiger partial charge in [-0.15, -0.1) is 0 Å². The van der Waals surface area contributed by atoms with Crippen molar-refractivity contribution < 1.29 is 14.1 Å². The van der Waals surface area contributed by atoms with Crippen LogP contribution in [0.4, 0.5) is 10.5 Å². The molecule has 0 saturated carbocycles. The summed E-state index contributed by atoms with van der Waals surface area (Å²) in [5, 5.41) is 7.08. The lowest BCUT2D eigenvalue weighted by atomic mass is 9.72. The quantitative estimate of drug-likeness (QED) is 0.862. The Morgan fingerprint density at radius 1 is 1.25 bits per heavy atom. The van der Waals surface area contributed by atoms with Crippen LogP contribution in [0.25, 0.3) is 0 Å². The molecular weight excluding hydrogens is 356 g/mol. The van der Waals surface area contributed by atoms with Gasteiger partial charge in [0.05, 0.1) is 5.92 Å². The lowest BCUT2D eigenvalue weighted by Gasteiger charge is -2.36. The molecule has 1 atom stereocenters. The molecule has 7 nitrogen and oxygen atoms in total. The number of aryl methyl sites for hydroxylation is 3. The summed E-state index contributed by atoms with van der Waals surface area (Å²) in [4.78, 5) is 19.4. The normalized spacial score (nSPS) is 23.2. The number of likely N-dealkylation sites (tertiary alicyclic amines) is 1. The Labute approximate surface area is 164 Å². The van der Waals surface area contributed by atoms with Crippen molar-refractivity contribution in [2.24, 2.45) is 5.41 Å². The van der Waals surface area contributed by atoms with Gasteiger partial charge in [0.15, 0.2) is 5.82 Å². The van der Waals surface area contributed by atoms with Gasteiger partial charge >= 0.3 is 6.03 Å². The number of ether oxygens (including phenoxy) is 1. The molecule has 2 amide bonds. The average molecular weight is 382 g/mol. The van der Waals surface area contributed by atoms with E-state index < -0.39 is 0 Å². The molecule has 2 fully saturated rings. The summed E-state index contributed by atoms with van der Waals surface area (Å²) in [7, 11) is 0. The van der Waals surface area contributed by atoms with Crippen molar-refractivity contribution >= 4 is 11.7 Å². The van der Waals surface area contributed by atoms with Crippen LogP contribution in [0.1, 0.15) is 48.0 Å². The van der Waals surface area contributed by atoms with Gasteiger partial charge in [-0.25, -0.2) is 4.79 Å². The predicted octanol–water partition coefficient (Wildman–Crippen LogP) is 3.29. The van der Waals surface area contributed by atoms with Crippen molar-refractivity contribution in [3.8, 4) is 0 Å². The van der Waals surface area contributed by atoms with Gasteiger partial charge in [-0.05, 0) is 62.3 Å². The standard InChI is InChI=1S/C21H26N4O3/c1-14-22-19(28-24-14)18-12-25(13-21(18)7-9-27-10-8-21)20(26)23-17-6-5-15-3-2-4-16(15)11-17/h5-6,11,18H,2-4,7-10,12-13H2,1H3,(H,23,26). The lowest BCUT2D eigenvalue weighted by molar-refractivity contribution is 0.00959. The molecule has 1 spiro atoms. The van der Waals surface area contributed by atoms with E-state index in [1.165, 1.54) is 17.5 Å². The Morgan fingerprint density at radius 2 is 2.07 bits per heavy atom. The summed E-state index contributed by atoms with van der Waals surface area (Å²) in [6, 6.07) is 6.23. The van der Waals surface area contributed by atoms with E-state index in [4.69, 9.17) is 9.26 Å². The van der Waals surface area contributed by atoms with Crippen LogP contribution in [0.5, 0.6) is 0 Å². The largest absolute Gasteiger partial charge is 0.381 e. The zero-order valence-corrected chi connectivity index (χ0v) is 16.2. The van der Waals surface area contributed by atoms with Gasteiger partial charge in [-0.1, -0.05) is 11.2 Å². The van der Waals surface area contributed by atoms with E-state index in [-0.39, 0.29) is 17.4 Å². The van der Waals surface area contributed by atoms with Gasteiger partial charge in [0, 0.05) is 37.4 Å². The van der Waals surface area contributed by atoms with E-state index >= 15 is 0 Å². The second kappa shape index (κ2) is 6.88. The van der Waals surface area contributed by atoms with Crippen LogP contribution in [0.15, 0.2) is 22.7 Å². The highest BCUT2D eigenvalue weighted by atomic mass is 16.5. The smallest absolute Gasteiger partial charge is 0.321 e. The fourth-order valence-corrected chi connectivity index (χ4v) is 5.05. The number of aromatic nitrogens is 2. The minimum atomic E-state index is -0.0532. The molecule has 1 aliphatic carbocycles. The molecule has 1 aromatic carbocycles. The lowest BCUT2D eigenvalue weighted by Crippen LogP contribution is -2.38. The Morgan fingerprint density at radius 3 is 2.86 bits per heavy atom. The van der Waals surface area contributed by atoms with E-state index in [2.05, 4.69) is 27.6 Å². The maximum Gasteiger partial charge on any atom is 0.321 e. The van der Waals surface area contributed by atoms with Gasteiger partial charge < -0.3 is 19.5 Å². The van der Waals surface area contributed by atoms with Gasteiger partial charge in [0.1, 0.15) is 0 Å². The number of amides is 2. The Bertz CT molecular complexity index is 888. The molecule has 3 aliphatic rings. The van der Waals surface area contributed by atoms with Gasteiger partial charge in [-0.2, -0.15) is 4.98 Å². The number of urea groups is 1. The van der Waals surface area contributed by atoms with Gasteiger partial charge in [0.2, 0.25) is 5.89 Å². The first-order valence-electron chi connectivity index (χ1n) is 10.2. The van der Waals surface area contributed by atoms with Gasteiger partial charge in [0.25, 0.3) is 0 Å². The third kappa shape index (κ3) is 3.07. The third-order valence-corrected chi connectivity index (χ3v) is 6.61. The van der Waals surface area contributed by atoms with Crippen LogP contribution >= 0.6 is 0 Å². The Kier molecular flexibility index (Phi) is 4.34. The average Bonchev–Trinajstić information content (AvgIpc) is 3.41. The number of hydrogen-bond donors (Lipinski definition) is 1. The summed E-state index contributed by atoms with van der Waals surface area (Å²) >= 11 is 0. The predicted molar refractivity (Wildman–Crippen MR) is 103 cm³/mol. The van der Waals surface area contributed by atoms with Crippen molar-refractivity contribution in [3.63, 3.8) is 0 Å². The molecule has 2 aliphatic heterocycles. The molecule has 148 valence electrons. The first-order valence-corrected chi connectivity index (χ1v) is 10.2. The van der Waals surface area contributed by atoms with Crippen molar-refractivity contribution in [2.45, 2.75) is 44.9 Å². The summed E-state index contributed by atoms with van der Waals surface area (Å²) in [6.45, 7) is 4.54. The fourth-order valence-electron chi connectivity index (χ4n) is 5.05. The van der Waals surface area contributed by atoms with Crippen LogP contribution in [0.2, 0.25) is 0 Å². The molecule has 28 heavy (non-hydrogen) atoms. The van der Waals surface area contributed by atoms with Crippen LogP contribution in [0.3, 0.4) is 0 Å². The van der Waals surface area contributed by atoms with E-state index in [9.17, 15) is 4.79 Å². The molecule has 1 aromatic heterocycles. The number of fused-ring (bicyclic) bond motifs is 1. The van der Waals surface area contributed by atoms with Crippen LogP contribution in [-0.2, 0) is 17.6 Å². The second-order valence-corrected chi connectivity index (χ2v) is 8.35. The maximum atomic E-state index is 13.0. The minimum absolute atomic E-state index is 0.0491. The molecular formula is C21H26N4O3. The molecule has 7 heteroatoms.